The van der Waals surface area contributed by atoms with Gasteiger partial charge in [0.1, 0.15) is 6.04 Å². The lowest BCUT2D eigenvalue weighted by molar-refractivity contribution is -0.138. The molecule has 0 saturated carbocycles. The number of aliphatic carboxylic acids is 1. The highest BCUT2D eigenvalue weighted by Crippen LogP contribution is 1.96. The van der Waals surface area contributed by atoms with E-state index in [0.29, 0.717) is 13.0 Å². The number of carboxylic acids is 1. The zero-order chi connectivity index (χ0) is 7.98. The average molecular weight is 173 g/mol. The van der Waals surface area contributed by atoms with Crippen LogP contribution in [0.3, 0.4) is 0 Å². The fourth-order valence-electron chi connectivity index (χ4n) is 0.632. The summed E-state index contributed by atoms with van der Waals surface area (Å²) in [6, 6.07) is -0.716. The molecule has 64 valence electrons. The largest absolute Gasteiger partial charge is 0.480 e. The Morgan fingerprint density at radius 2 is 2.00 bits per heavy atom. The molecule has 4 nitrogen and oxygen atoms in total. The van der Waals surface area contributed by atoms with Gasteiger partial charge in [-0.05, 0) is 19.4 Å². The minimum atomic E-state index is -0.933. The third-order valence-corrected chi connectivity index (χ3v) is 1.29. The highest BCUT2D eigenvalue weighted by molar-refractivity contribution is 5.75. The second kappa shape index (κ2) is 8.25. The van der Waals surface area contributed by atoms with Crippen molar-refractivity contribution in [3.8, 4) is 0 Å². The summed E-state index contributed by atoms with van der Waals surface area (Å²) in [4.78, 5) is 10.1. The van der Waals surface area contributed by atoms with Gasteiger partial charge in [-0.15, -0.1) is 0 Å². The van der Waals surface area contributed by atoms with Crippen molar-refractivity contribution in [2.24, 2.45) is 11.5 Å². The molecular weight excluding hydrogens is 156 g/mol. The molecule has 0 aromatic heterocycles. The summed E-state index contributed by atoms with van der Waals surface area (Å²) in [6.07, 6.45) is 2.16. The van der Waals surface area contributed by atoms with Crippen LogP contribution in [-0.2, 0) is 4.79 Å². The zero-order valence-electron chi connectivity index (χ0n) is 5.92. The lowest BCUT2D eigenvalue weighted by Crippen LogP contribution is -2.29. The number of hydrogen-bond acceptors (Lipinski definition) is 3. The van der Waals surface area contributed by atoms with E-state index in [1.165, 1.54) is 0 Å². The molecule has 0 radical (unpaired) electrons. The van der Waals surface area contributed by atoms with Gasteiger partial charge < -0.3 is 16.6 Å². The first-order chi connectivity index (χ1) is 4.68. The molecule has 0 aliphatic carbocycles. The number of unbranched alkanes of at least 4 members (excludes halogenated alkanes) is 1. The summed E-state index contributed by atoms with van der Waals surface area (Å²) in [5, 5.41) is 8.33. The molecule has 0 spiro atoms. The fraction of sp³-hybridized carbons (Fsp3) is 0.833. The summed E-state index contributed by atoms with van der Waals surface area (Å²) in [5.74, 6) is -0.933. The first-order valence-electron chi connectivity index (χ1n) is 3.37. The summed E-state index contributed by atoms with van der Waals surface area (Å²) in [7, 11) is 0. The Labute approximate surface area is 82.5 Å². The van der Waals surface area contributed by atoms with Crippen molar-refractivity contribution in [2.45, 2.75) is 25.3 Å². The van der Waals surface area contributed by atoms with Crippen molar-refractivity contribution < 1.29 is 9.90 Å². The molecular formula is C6H16MgN2O2. The molecule has 1 atom stereocenters. The van der Waals surface area contributed by atoms with E-state index in [1.54, 1.807) is 0 Å². The Hall–Kier alpha value is 0.156. The van der Waals surface area contributed by atoms with Crippen LogP contribution in [0.25, 0.3) is 0 Å². The van der Waals surface area contributed by atoms with Crippen LogP contribution in [0.4, 0.5) is 0 Å². The predicted molar refractivity (Wildman–Crippen MR) is 47.1 cm³/mol. The topological polar surface area (TPSA) is 89.3 Å². The number of rotatable bonds is 5. The minimum Gasteiger partial charge on any atom is -0.480 e. The van der Waals surface area contributed by atoms with Crippen molar-refractivity contribution in [1.29, 1.82) is 0 Å². The van der Waals surface area contributed by atoms with Gasteiger partial charge in [0.2, 0.25) is 0 Å². The normalized spacial score (nSPS) is 11.8. The maximum Gasteiger partial charge on any atom is 0.320 e. The molecule has 0 aliphatic rings. The van der Waals surface area contributed by atoms with E-state index in [-0.39, 0.29) is 23.1 Å². The number of nitrogens with two attached hydrogens (primary N) is 2. The molecule has 0 aliphatic heterocycles. The fourth-order valence-corrected chi connectivity index (χ4v) is 0.632. The Morgan fingerprint density at radius 1 is 1.45 bits per heavy atom. The maximum absolute atomic E-state index is 10.1. The second-order valence-corrected chi connectivity index (χ2v) is 2.23. The van der Waals surface area contributed by atoms with E-state index in [9.17, 15) is 4.79 Å². The van der Waals surface area contributed by atoms with Gasteiger partial charge in [0, 0.05) is 0 Å². The lowest BCUT2D eigenvalue weighted by atomic mass is 10.1. The smallest absolute Gasteiger partial charge is 0.320 e. The van der Waals surface area contributed by atoms with Crippen LogP contribution in [0.2, 0.25) is 0 Å². The Balaban J connectivity index is 0. The van der Waals surface area contributed by atoms with Crippen molar-refractivity contribution >= 4 is 29.0 Å². The van der Waals surface area contributed by atoms with Gasteiger partial charge in [-0.2, -0.15) is 0 Å². The van der Waals surface area contributed by atoms with E-state index in [4.69, 9.17) is 16.6 Å². The van der Waals surface area contributed by atoms with Gasteiger partial charge in [0.15, 0.2) is 0 Å². The van der Waals surface area contributed by atoms with Crippen LogP contribution < -0.4 is 11.5 Å². The molecule has 0 aromatic carbocycles. The van der Waals surface area contributed by atoms with E-state index in [1.807, 2.05) is 0 Å². The summed E-state index contributed by atoms with van der Waals surface area (Å²) in [5.41, 5.74) is 10.4. The minimum absolute atomic E-state index is 0. The number of carboxylic acid groups (broad SMARTS) is 1. The number of carbonyl (C=O) groups is 1. The van der Waals surface area contributed by atoms with Crippen LogP contribution in [0.15, 0.2) is 0 Å². The quantitative estimate of drug-likeness (QED) is 0.352. The highest BCUT2D eigenvalue weighted by atomic mass is 24.3. The van der Waals surface area contributed by atoms with Crippen molar-refractivity contribution in [3.05, 3.63) is 0 Å². The molecule has 5 heteroatoms. The Bertz CT molecular complexity index is 111. The first-order valence-corrected chi connectivity index (χ1v) is 3.37. The Morgan fingerprint density at radius 3 is 2.36 bits per heavy atom. The molecule has 0 unspecified atom stereocenters. The third kappa shape index (κ3) is 8.06. The second-order valence-electron chi connectivity index (χ2n) is 2.23. The summed E-state index contributed by atoms with van der Waals surface area (Å²) >= 11 is 0. The van der Waals surface area contributed by atoms with E-state index in [0.717, 1.165) is 12.8 Å². The highest BCUT2D eigenvalue weighted by Gasteiger charge is 2.09. The monoisotopic (exact) mass is 172 g/mol. The Kier molecular flexibility index (Phi) is 10.3. The van der Waals surface area contributed by atoms with Gasteiger partial charge in [-0.3, -0.25) is 4.79 Å². The van der Waals surface area contributed by atoms with Crippen molar-refractivity contribution in [3.63, 3.8) is 0 Å². The van der Waals surface area contributed by atoms with Crippen LogP contribution in [0.1, 0.15) is 19.3 Å². The molecule has 0 aromatic rings. The van der Waals surface area contributed by atoms with Crippen molar-refractivity contribution in [1.82, 2.24) is 0 Å². The van der Waals surface area contributed by atoms with Gasteiger partial charge in [0.25, 0.3) is 0 Å². The summed E-state index contributed by atoms with van der Waals surface area (Å²) < 4.78 is 0. The molecule has 0 rings (SSSR count). The van der Waals surface area contributed by atoms with Crippen LogP contribution in [0, 0.1) is 0 Å². The van der Waals surface area contributed by atoms with Crippen molar-refractivity contribution in [2.75, 3.05) is 6.54 Å². The number of hydrogen-bond donors (Lipinski definition) is 3. The molecule has 0 heterocycles. The van der Waals surface area contributed by atoms with Crippen LogP contribution >= 0.6 is 0 Å². The van der Waals surface area contributed by atoms with E-state index in [2.05, 4.69) is 0 Å². The van der Waals surface area contributed by atoms with Gasteiger partial charge in [-0.25, -0.2) is 0 Å². The SMILES string of the molecule is NCCCC[C@H](N)C(=O)O.[MgH2]. The predicted octanol–water partition coefficient (Wildman–Crippen LogP) is -1.39. The lowest BCUT2D eigenvalue weighted by Gasteiger charge is -2.03. The van der Waals surface area contributed by atoms with Gasteiger partial charge >= 0.3 is 29.0 Å². The molecule has 11 heavy (non-hydrogen) atoms. The third-order valence-electron chi connectivity index (χ3n) is 1.29. The zero-order valence-corrected chi connectivity index (χ0v) is 5.92. The molecule has 0 saturated heterocycles. The molecule has 0 fully saturated rings. The molecule has 0 bridgehead atoms. The van der Waals surface area contributed by atoms with E-state index >= 15 is 0 Å². The first kappa shape index (κ1) is 13.7. The molecule has 0 amide bonds. The van der Waals surface area contributed by atoms with E-state index < -0.39 is 12.0 Å². The van der Waals surface area contributed by atoms with Gasteiger partial charge in [0.05, 0.1) is 0 Å². The maximum atomic E-state index is 10.1. The average Bonchev–Trinajstić information content (AvgIpc) is 1.88. The standard InChI is InChI=1S/C6H14N2O2.Mg.2H/c7-4-2-1-3-5(8)6(9)10;;;/h5H,1-4,7-8H2,(H,9,10);;;/t5-;;;/m0.../s1. The van der Waals surface area contributed by atoms with Gasteiger partial charge in [-0.1, -0.05) is 6.42 Å². The summed E-state index contributed by atoms with van der Waals surface area (Å²) in [6.45, 7) is 0.604. The van der Waals surface area contributed by atoms with Crippen LogP contribution in [0.5, 0.6) is 0 Å². The van der Waals surface area contributed by atoms with Crippen LogP contribution in [-0.4, -0.2) is 46.7 Å². The molecule has 5 N–H and O–H groups in total.